The van der Waals surface area contributed by atoms with E-state index in [9.17, 15) is 4.79 Å². The third kappa shape index (κ3) is 4.11. The second-order valence-electron chi connectivity index (χ2n) is 9.98. The minimum atomic E-state index is 0.0175. The number of fused-ring (bicyclic) bond motifs is 2. The number of anilines is 3. The molecular weight excluding hydrogens is 456 g/mol. The van der Waals surface area contributed by atoms with Gasteiger partial charge in [0.05, 0.1) is 24.1 Å². The van der Waals surface area contributed by atoms with Gasteiger partial charge < -0.3 is 20.3 Å². The van der Waals surface area contributed by atoms with Crippen molar-refractivity contribution in [1.82, 2.24) is 24.6 Å². The van der Waals surface area contributed by atoms with Crippen LogP contribution < -0.4 is 15.5 Å². The fourth-order valence-electron chi connectivity index (χ4n) is 5.05. The van der Waals surface area contributed by atoms with Gasteiger partial charge in [0.2, 0.25) is 5.91 Å². The smallest absolute Gasteiger partial charge is 0.228 e. The summed E-state index contributed by atoms with van der Waals surface area (Å²) in [6.07, 6.45) is 6.78. The van der Waals surface area contributed by atoms with Crippen molar-refractivity contribution < 1.29 is 9.53 Å². The SMILES string of the molecule is CNc1ncc(-c2nc3ccc(N4C[C@@H](C)O[C@@H](C)C4)cn3n2)c2cc(NC(=O)[C@H]3C[C@H]3C)ncc12. The third-order valence-corrected chi connectivity index (χ3v) is 7.05. The van der Waals surface area contributed by atoms with Crippen molar-refractivity contribution in [1.29, 1.82) is 0 Å². The lowest BCUT2D eigenvalue weighted by molar-refractivity contribution is -0.117. The van der Waals surface area contributed by atoms with Gasteiger partial charge in [-0.25, -0.2) is 19.5 Å². The van der Waals surface area contributed by atoms with E-state index in [1.807, 2.05) is 29.9 Å². The number of hydrogen-bond donors (Lipinski definition) is 2. The molecule has 0 unspecified atom stereocenters. The lowest BCUT2D eigenvalue weighted by Gasteiger charge is -2.36. The Balaban J connectivity index is 1.38. The number of rotatable bonds is 5. The van der Waals surface area contributed by atoms with Gasteiger partial charge in [0, 0.05) is 54.8 Å². The molecule has 1 aliphatic carbocycles. The molecule has 2 aliphatic rings. The van der Waals surface area contributed by atoms with E-state index in [2.05, 4.69) is 52.3 Å². The van der Waals surface area contributed by atoms with E-state index in [0.717, 1.165) is 47.2 Å². The largest absolute Gasteiger partial charge is 0.373 e. The molecule has 1 saturated carbocycles. The number of carbonyl (C=O) groups excluding carboxylic acids is 1. The van der Waals surface area contributed by atoms with E-state index < -0.39 is 0 Å². The number of nitrogens with one attached hydrogen (secondary N) is 2. The fourth-order valence-corrected chi connectivity index (χ4v) is 5.05. The van der Waals surface area contributed by atoms with Crippen molar-refractivity contribution in [2.45, 2.75) is 39.4 Å². The van der Waals surface area contributed by atoms with Crippen LogP contribution in [0.3, 0.4) is 0 Å². The zero-order chi connectivity index (χ0) is 25.0. The highest BCUT2D eigenvalue weighted by molar-refractivity contribution is 6.03. The molecule has 186 valence electrons. The van der Waals surface area contributed by atoms with Gasteiger partial charge in [-0.15, -0.1) is 5.10 Å². The van der Waals surface area contributed by atoms with Crippen molar-refractivity contribution >= 4 is 39.6 Å². The van der Waals surface area contributed by atoms with Gasteiger partial charge in [0.15, 0.2) is 11.5 Å². The Morgan fingerprint density at radius 1 is 1.08 bits per heavy atom. The van der Waals surface area contributed by atoms with Gasteiger partial charge in [-0.05, 0) is 44.4 Å². The number of pyridine rings is 3. The predicted octanol–water partition coefficient (Wildman–Crippen LogP) is 3.59. The number of aromatic nitrogens is 5. The average molecular weight is 487 g/mol. The van der Waals surface area contributed by atoms with Crippen molar-refractivity contribution in [2.75, 3.05) is 35.7 Å². The van der Waals surface area contributed by atoms with Gasteiger partial charge in [-0.3, -0.25) is 4.79 Å². The molecule has 10 heteroatoms. The Morgan fingerprint density at radius 3 is 2.58 bits per heavy atom. The topological polar surface area (TPSA) is 110 Å². The van der Waals surface area contributed by atoms with E-state index in [-0.39, 0.29) is 24.0 Å². The highest BCUT2D eigenvalue weighted by atomic mass is 16.5. The minimum Gasteiger partial charge on any atom is -0.373 e. The first-order chi connectivity index (χ1) is 17.4. The summed E-state index contributed by atoms with van der Waals surface area (Å²) in [5.41, 5.74) is 2.61. The second-order valence-corrected chi connectivity index (χ2v) is 9.98. The van der Waals surface area contributed by atoms with Crippen LogP contribution in [0.5, 0.6) is 0 Å². The number of nitrogens with zero attached hydrogens (tertiary/aromatic N) is 6. The number of amides is 1. The third-order valence-electron chi connectivity index (χ3n) is 7.05. The van der Waals surface area contributed by atoms with E-state index in [1.165, 1.54) is 0 Å². The molecule has 4 aromatic heterocycles. The fraction of sp³-hybridized carbons (Fsp3) is 0.423. The van der Waals surface area contributed by atoms with Gasteiger partial charge in [0.25, 0.3) is 0 Å². The van der Waals surface area contributed by atoms with Gasteiger partial charge >= 0.3 is 0 Å². The molecule has 2 N–H and O–H groups in total. The quantitative estimate of drug-likeness (QED) is 0.441. The van der Waals surface area contributed by atoms with Crippen LogP contribution in [0.25, 0.3) is 27.8 Å². The monoisotopic (exact) mass is 486 g/mol. The van der Waals surface area contributed by atoms with E-state index in [4.69, 9.17) is 14.8 Å². The zero-order valence-electron chi connectivity index (χ0n) is 20.9. The predicted molar refractivity (Wildman–Crippen MR) is 139 cm³/mol. The number of ether oxygens (including phenoxy) is 1. The first kappa shape index (κ1) is 22.7. The molecule has 0 aromatic carbocycles. The normalized spacial score (nSPS) is 23.7. The molecule has 1 amide bonds. The Hall–Kier alpha value is -3.79. The van der Waals surface area contributed by atoms with Crippen LogP contribution in [0.2, 0.25) is 0 Å². The van der Waals surface area contributed by atoms with Crippen LogP contribution in [-0.4, -0.2) is 62.8 Å². The zero-order valence-corrected chi connectivity index (χ0v) is 20.9. The number of carbonyl (C=O) groups is 1. The van der Waals surface area contributed by atoms with Crippen molar-refractivity contribution in [2.24, 2.45) is 11.8 Å². The molecule has 2 fully saturated rings. The Bertz CT molecular complexity index is 1460. The molecule has 1 aliphatic heterocycles. The van der Waals surface area contributed by atoms with E-state index in [1.54, 1.807) is 12.4 Å². The van der Waals surface area contributed by atoms with Crippen LogP contribution >= 0.6 is 0 Å². The van der Waals surface area contributed by atoms with Crippen LogP contribution in [0.1, 0.15) is 27.2 Å². The summed E-state index contributed by atoms with van der Waals surface area (Å²) in [4.78, 5) is 28.6. The summed E-state index contributed by atoms with van der Waals surface area (Å²) in [6.45, 7) is 7.94. The summed E-state index contributed by atoms with van der Waals surface area (Å²) >= 11 is 0. The van der Waals surface area contributed by atoms with E-state index >= 15 is 0 Å². The molecule has 0 bridgehead atoms. The summed E-state index contributed by atoms with van der Waals surface area (Å²) in [5, 5.41) is 12.6. The molecular formula is C26H30N8O2. The van der Waals surface area contributed by atoms with Crippen molar-refractivity contribution in [3.05, 3.63) is 36.8 Å². The summed E-state index contributed by atoms with van der Waals surface area (Å²) in [7, 11) is 1.82. The van der Waals surface area contributed by atoms with Crippen LogP contribution in [-0.2, 0) is 9.53 Å². The van der Waals surface area contributed by atoms with E-state index in [0.29, 0.717) is 23.4 Å². The van der Waals surface area contributed by atoms with Crippen LogP contribution in [0.15, 0.2) is 36.8 Å². The maximum absolute atomic E-state index is 12.5. The minimum absolute atomic E-state index is 0.0175. The molecule has 5 heterocycles. The Labute approximate surface area is 209 Å². The molecule has 4 atom stereocenters. The highest BCUT2D eigenvalue weighted by Gasteiger charge is 2.39. The van der Waals surface area contributed by atoms with Gasteiger partial charge in [-0.1, -0.05) is 6.92 Å². The summed E-state index contributed by atoms with van der Waals surface area (Å²) < 4.78 is 7.69. The van der Waals surface area contributed by atoms with Crippen molar-refractivity contribution in [3.8, 4) is 11.4 Å². The molecule has 10 nitrogen and oxygen atoms in total. The molecule has 6 rings (SSSR count). The van der Waals surface area contributed by atoms with Crippen LogP contribution in [0, 0.1) is 11.8 Å². The first-order valence-electron chi connectivity index (χ1n) is 12.4. The lowest BCUT2D eigenvalue weighted by atomic mass is 10.1. The average Bonchev–Trinajstić information content (AvgIpc) is 3.44. The maximum Gasteiger partial charge on any atom is 0.228 e. The standard InChI is InChI=1S/C26H30N8O2/c1-14-7-18(14)26(35)30-22-8-19-20(9-28-22)24(27-4)29-10-21(19)25-31-23-6-5-17(13-34(23)32-25)33-11-15(2)36-16(3)12-33/h5-6,8-10,13-16,18H,7,11-12H2,1-4H3,(H,27,29)(H,28,30,35)/t14-,15-,16+,18+/m1/s1. The number of morpholine rings is 1. The number of hydrogen-bond acceptors (Lipinski definition) is 8. The first-order valence-corrected chi connectivity index (χ1v) is 12.4. The Kier molecular flexibility index (Phi) is 5.48. The lowest BCUT2D eigenvalue weighted by Crippen LogP contribution is -2.45. The molecule has 0 spiro atoms. The maximum atomic E-state index is 12.5. The summed E-state index contributed by atoms with van der Waals surface area (Å²) in [5.74, 6) is 2.30. The van der Waals surface area contributed by atoms with Gasteiger partial charge in [0.1, 0.15) is 11.6 Å². The van der Waals surface area contributed by atoms with Crippen LogP contribution in [0.4, 0.5) is 17.3 Å². The second kappa shape index (κ2) is 8.70. The molecule has 0 radical (unpaired) electrons. The summed E-state index contributed by atoms with van der Waals surface area (Å²) in [6, 6.07) is 5.94. The van der Waals surface area contributed by atoms with Crippen molar-refractivity contribution in [3.63, 3.8) is 0 Å². The highest BCUT2D eigenvalue weighted by Crippen LogP contribution is 2.39. The van der Waals surface area contributed by atoms with Gasteiger partial charge in [-0.2, -0.15) is 0 Å². The molecule has 4 aromatic rings. The molecule has 1 saturated heterocycles. The molecule has 36 heavy (non-hydrogen) atoms. The Morgan fingerprint density at radius 2 is 1.86 bits per heavy atom.